The van der Waals surface area contributed by atoms with Gasteiger partial charge in [-0.3, -0.25) is 0 Å². The Hall–Kier alpha value is -2.44. The summed E-state index contributed by atoms with van der Waals surface area (Å²) in [6, 6.07) is 16.0. The van der Waals surface area contributed by atoms with E-state index in [-0.39, 0.29) is 0 Å². The second-order valence-corrected chi connectivity index (χ2v) is 6.96. The number of nitrogens with zero attached hydrogens (tertiary/aromatic N) is 1. The predicted molar refractivity (Wildman–Crippen MR) is 108 cm³/mol. The Morgan fingerprint density at radius 1 is 1.20 bits per heavy atom. The van der Waals surface area contributed by atoms with Crippen LogP contribution < -0.4 is 15.4 Å². The van der Waals surface area contributed by atoms with Crippen LogP contribution in [-0.2, 0) is 6.54 Å². The molecule has 0 fully saturated rings. The third-order valence-electron chi connectivity index (χ3n) is 3.65. The van der Waals surface area contributed by atoms with Crippen molar-refractivity contribution >= 4 is 34.4 Å². The third kappa shape index (κ3) is 4.78. The Morgan fingerprint density at radius 3 is 2.68 bits per heavy atom. The van der Waals surface area contributed by atoms with Crippen molar-refractivity contribution in [2.45, 2.75) is 13.5 Å². The van der Waals surface area contributed by atoms with Gasteiger partial charge < -0.3 is 15.4 Å². The van der Waals surface area contributed by atoms with Crippen LogP contribution >= 0.6 is 23.6 Å². The van der Waals surface area contributed by atoms with Crippen molar-refractivity contribution in [3.63, 3.8) is 0 Å². The largest absolute Gasteiger partial charge is 0.497 e. The Bertz CT molecular complexity index is 859. The minimum Gasteiger partial charge on any atom is -0.497 e. The van der Waals surface area contributed by atoms with Crippen molar-refractivity contribution in [1.29, 1.82) is 0 Å². The first kappa shape index (κ1) is 17.4. The van der Waals surface area contributed by atoms with Crippen molar-refractivity contribution in [3.05, 3.63) is 64.5 Å². The van der Waals surface area contributed by atoms with Gasteiger partial charge in [0.05, 0.1) is 17.8 Å². The normalized spacial score (nSPS) is 10.3. The minimum atomic E-state index is 0.576. The Balaban J connectivity index is 1.55. The Morgan fingerprint density at radius 2 is 2.00 bits per heavy atom. The Labute approximate surface area is 156 Å². The summed E-state index contributed by atoms with van der Waals surface area (Å²) in [5, 5.41) is 10.1. The number of benzene rings is 2. The zero-order valence-corrected chi connectivity index (χ0v) is 15.7. The number of rotatable bonds is 5. The van der Waals surface area contributed by atoms with E-state index >= 15 is 0 Å². The standard InChI is InChI=1S/C19H19N3OS2/c1-13-21-18(12-25-13)15-8-6-14(7-9-15)11-20-19(24)22-16-4-3-5-17(10-16)23-2/h3-10,12H,11H2,1-2H3,(H2,20,22,24). The maximum Gasteiger partial charge on any atom is 0.171 e. The minimum absolute atomic E-state index is 0.576. The van der Waals surface area contributed by atoms with Crippen LogP contribution in [0.15, 0.2) is 53.9 Å². The van der Waals surface area contributed by atoms with Gasteiger partial charge >= 0.3 is 0 Å². The molecule has 0 unspecified atom stereocenters. The Kier molecular flexibility index (Phi) is 5.63. The number of ether oxygens (including phenoxy) is 1. The van der Waals surface area contributed by atoms with Crippen LogP contribution in [0.5, 0.6) is 5.75 Å². The molecule has 2 N–H and O–H groups in total. The molecule has 0 radical (unpaired) electrons. The highest BCUT2D eigenvalue weighted by atomic mass is 32.1. The van der Waals surface area contributed by atoms with E-state index in [1.54, 1.807) is 18.4 Å². The van der Waals surface area contributed by atoms with Crippen LogP contribution in [0.3, 0.4) is 0 Å². The van der Waals surface area contributed by atoms with E-state index in [1.807, 2.05) is 31.2 Å². The van der Waals surface area contributed by atoms with Gasteiger partial charge in [0, 0.05) is 29.2 Å². The highest BCUT2D eigenvalue weighted by Gasteiger charge is 2.03. The van der Waals surface area contributed by atoms with E-state index in [2.05, 4.69) is 45.3 Å². The van der Waals surface area contributed by atoms with Gasteiger partial charge in [-0.25, -0.2) is 4.98 Å². The number of aryl methyl sites for hydroxylation is 1. The van der Waals surface area contributed by atoms with Gasteiger partial charge in [0.1, 0.15) is 5.75 Å². The molecule has 0 aliphatic carbocycles. The summed E-state index contributed by atoms with van der Waals surface area (Å²) in [6.45, 7) is 2.68. The molecule has 2 aromatic carbocycles. The zero-order valence-electron chi connectivity index (χ0n) is 14.1. The summed E-state index contributed by atoms with van der Waals surface area (Å²) >= 11 is 7.01. The fourth-order valence-electron chi connectivity index (χ4n) is 2.35. The molecule has 0 bridgehead atoms. The molecule has 0 saturated carbocycles. The molecule has 1 aromatic heterocycles. The van der Waals surface area contributed by atoms with E-state index in [0.717, 1.165) is 33.3 Å². The summed E-state index contributed by atoms with van der Waals surface area (Å²) < 4.78 is 5.21. The van der Waals surface area contributed by atoms with Gasteiger partial charge in [-0.1, -0.05) is 30.3 Å². The molecule has 3 rings (SSSR count). The lowest BCUT2D eigenvalue weighted by Crippen LogP contribution is -2.27. The summed E-state index contributed by atoms with van der Waals surface area (Å²) in [5.74, 6) is 0.792. The molecule has 25 heavy (non-hydrogen) atoms. The highest BCUT2D eigenvalue weighted by Crippen LogP contribution is 2.22. The monoisotopic (exact) mass is 369 g/mol. The maximum atomic E-state index is 5.35. The molecule has 0 aliphatic heterocycles. The van der Waals surface area contributed by atoms with Crippen molar-refractivity contribution in [2.75, 3.05) is 12.4 Å². The van der Waals surface area contributed by atoms with Gasteiger partial charge in [0.25, 0.3) is 0 Å². The van der Waals surface area contributed by atoms with Crippen LogP contribution in [0.25, 0.3) is 11.3 Å². The molecule has 0 saturated heterocycles. The number of thiazole rings is 1. The van der Waals surface area contributed by atoms with Crippen LogP contribution in [0.1, 0.15) is 10.6 Å². The van der Waals surface area contributed by atoms with E-state index < -0.39 is 0 Å². The number of anilines is 1. The quantitative estimate of drug-likeness (QED) is 0.643. The third-order valence-corrected chi connectivity index (χ3v) is 4.67. The maximum absolute atomic E-state index is 5.35. The fourth-order valence-corrected chi connectivity index (χ4v) is 3.16. The highest BCUT2D eigenvalue weighted by molar-refractivity contribution is 7.80. The second kappa shape index (κ2) is 8.09. The number of hydrogen-bond donors (Lipinski definition) is 2. The lowest BCUT2D eigenvalue weighted by Gasteiger charge is -2.11. The average molecular weight is 370 g/mol. The molecule has 0 atom stereocenters. The smallest absolute Gasteiger partial charge is 0.171 e. The van der Waals surface area contributed by atoms with Gasteiger partial charge in [-0.15, -0.1) is 11.3 Å². The lowest BCUT2D eigenvalue weighted by molar-refractivity contribution is 0.415. The molecular formula is C19H19N3OS2. The molecule has 0 amide bonds. The number of methoxy groups -OCH3 is 1. The summed E-state index contributed by atoms with van der Waals surface area (Å²) in [5.41, 5.74) is 4.21. The topological polar surface area (TPSA) is 46.2 Å². The van der Waals surface area contributed by atoms with Crippen LogP contribution in [0.2, 0.25) is 0 Å². The first-order valence-corrected chi connectivity index (χ1v) is 9.13. The van der Waals surface area contributed by atoms with Crippen LogP contribution in [0, 0.1) is 6.92 Å². The molecule has 0 aliphatic rings. The van der Waals surface area contributed by atoms with Crippen molar-refractivity contribution in [1.82, 2.24) is 10.3 Å². The SMILES string of the molecule is COc1cccc(NC(=S)NCc2ccc(-c3csc(C)n3)cc2)c1. The molecule has 128 valence electrons. The number of aromatic nitrogens is 1. The molecular weight excluding hydrogens is 350 g/mol. The van der Waals surface area contributed by atoms with E-state index in [9.17, 15) is 0 Å². The van der Waals surface area contributed by atoms with E-state index in [4.69, 9.17) is 17.0 Å². The van der Waals surface area contributed by atoms with Gasteiger partial charge in [0.15, 0.2) is 5.11 Å². The van der Waals surface area contributed by atoms with Crippen LogP contribution in [-0.4, -0.2) is 17.2 Å². The summed E-state index contributed by atoms with van der Waals surface area (Å²) in [7, 11) is 1.65. The number of thiocarbonyl (C=S) groups is 1. The molecule has 3 aromatic rings. The summed E-state index contributed by atoms with van der Waals surface area (Å²) in [4.78, 5) is 4.51. The van der Waals surface area contributed by atoms with Crippen molar-refractivity contribution in [3.8, 4) is 17.0 Å². The van der Waals surface area contributed by atoms with Crippen molar-refractivity contribution in [2.24, 2.45) is 0 Å². The lowest BCUT2D eigenvalue weighted by atomic mass is 10.1. The van der Waals surface area contributed by atoms with Gasteiger partial charge in [-0.05, 0) is 36.8 Å². The predicted octanol–water partition coefficient (Wildman–Crippen LogP) is 4.61. The summed E-state index contributed by atoms with van der Waals surface area (Å²) in [6.07, 6.45) is 0. The van der Waals surface area contributed by atoms with Gasteiger partial charge in [0.2, 0.25) is 0 Å². The van der Waals surface area contributed by atoms with Gasteiger partial charge in [-0.2, -0.15) is 0 Å². The fraction of sp³-hybridized carbons (Fsp3) is 0.158. The molecule has 1 heterocycles. The first-order valence-electron chi connectivity index (χ1n) is 7.84. The first-order chi connectivity index (χ1) is 12.1. The van der Waals surface area contributed by atoms with E-state index in [0.29, 0.717) is 11.7 Å². The van der Waals surface area contributed by atoms with Crippen LogP contribution in [0.4, 0.5) is 5.69 Å². The molecule has 4 nitrogen and oxygen atoms in total. The zero-order chi connectivity index (χ0) is 17.6. The molecule has 6 heteroatoms. The molecule has 0 spiro atoms. The number of hydrogen-bond acceptors (Lipinski definition) is 4. The second-order valence-electron chi connectivity index (χ2n) is 5.49. The van der Waals surface area contributed by atoms with E-state index in [1.165, 1.54) is 0 Å². The average Bonchev–Trinajstić information content (AvgIpc) is 3.07. The number of nitrogens with one attached hydrogen (secondary N) is 2. The van der Waals surface area contributed by atoms with Crippen molar-refractivity contribution < 1.29 is 4.74 Å².